The van der Waals surface area contributed by atoms with Gasteiger partial charge in [-0.15, -0.1) is 0 Å². The van der Waals surface area contributed by atoms with Crippen molar-refractivity contribution in [3.05, 3.63) is 17.0 Å². The molecule has 3 nitrogen and oxygen atoms in total. The lowest BCUT2D eigenvalue weighted by Crippen LogP contribution is -2.26. The molecule has 1 aliphatic rings. The smallest absolute Gasteiger partial charge is 0.137 e. The summed E-state index contributed by atoms with van der Waals surface area (Å²) in [5.74, 6) is 0.879. The first-order valence-electron chi connectivity index (χ1n) is 6.38. The summed E-state index contributed by atoms with van der Waals surface area (Å²) in [6.45, 7) is 5.24. The summed E-state index contributed by atoms with van der Waals surface area (Å²) in [5, 5.41) is 3.99. The largest absolute Gasteiger partial charge is 0.369 e. The first-order chi connectivity index (χ1) is 8.17. The van der Waals surface area contributed by atoms with Crippen LogP contribution in [0.25, 0.3) is 0 Å². The summed E-state index contributed by atoms with van der Waals surface area (Å²) in [6.07, 6.45) is 8.13. The van der Waals surface area contributed by atoms with Gasteiger partial charge in [0.1, 0.15) is 17.3 Å². The number of rotatable bonds is 4. The van der Waals surface area contributed by atoms with Gasteiger partial charge in [0.2, 0.25) is 0 Å². The molecule has 0 radical (unpaired) electrons. The van der Waals surface area contributed by atoms with Crippen molar-refractivity contribution in [2.45, 2.75) is 46.0 Å². The molecule has 17 heavy (non-hydrogen) atoms. The summed E-state index contributed by atoms with van der Waals surface area (Å²) < 4.78 is 0. The molecule has 0 atom stereocenters. The van der Waals surface area contributed by atoms with Crippen LogP contribution < -0.4 is 5.32 Å². The zero-order chi connectivity index (χ0) is 12.3. The van der Waals surface area contributed by atoms with Crippen LogP contribution in [0.2, 0.25) is 5.15 Å². The number of hydrogen-bond donors (Lipinski definition) is 1. The molecule has 0 unspecified atom stereocenters. The normalized spacial score (nSPS) is 18.3. The summed E-state index contributed by atoms with van der Waals surface area (Å²) in [4.78, 5) is 8.23. The third-order valence-electron chi connectivity index (χ3n) is 4.07. The highest BCUT2D eigenvalue weighted by Crippen LogP contribution is 2.41. The van der Waals surface area contributed by atoms with E-state index in [1.54, 1.807) is 0 Å². The highest BCUT2D eigenvalue weighted by molar-refractivity contribution is 6.30. The highest BCUT2D eigenvalue weighted by Gasteiger charge is 2.31. The average Bonchev–Trinajstić information content (AvgIpc) is 2.81. The van der Waals surface area contributed by atoms with Crippen LogP contribution >= 0.6 is 11.6 Å². The van der Waals surface area contributed by atoms with E-state index in [9.17, 15) is 0 Å². The van der Waals surface area contributed by atoms with E-state index >= 15 is 0 Å². The van der Waals surface area contributed by atoms with E-state index in [0.29, 0.717) is 10.6 Å². The topological polar surface area (TPSA) is 37.8 Å². The van der Waals surface area contributed by atoms with E-state index in [1.165, 1.54) is 38.4 Å². The molecule has 0 aliphatic heterocycles. The van der Waals surface area contributed by atoms with Crippen molar-refractivity contribution in [2.24, 2.45) is 5.41 Å². The number of anilines is 1. The molecule has 0 spiro atoms. The Morgan fingerprint density at radius 1 is 1.35 bits per heavy atom. The number of nitrogens with zero attached hydrogens (tertiary/aromatic N) is 2. The second-order valence-corrected chi connectivity index (χ2v) is 5.41. The Morgan fingerprint density at radius 3 is 2.71 bits per heavy atom. The maximum absolute atomic E-state index is 5.99. The third kappa shape index (κ3) is 2.71. The second-order valence-electron chi connectivity index (χ2n) is 5.05. The van der Waals surface area contributed by atoms with E-state index in [0.717, 1.165) is 17.9 Å². The van der Waals surface area contributed by atoms with Crippen LogP contribution in [0, 0.1) is 12.3 Å². The molecule has 1 aliphatic carbocycles. The average molecular weight is 254 g/mol. The van der Waals surface area contributed by atoms with E-state index in [2.05, 4.69) is 22.2 Å². The van der Waals surface area contributed by atoms with Gasteiger partial charge in [0.05, 0.1) is 0 Å². The molecule has 0 bridgehead atoms. The maximum atomic E-state index is 5.99. The van der Waals surface area contributed by atoms with Crippen molar-refractivity contribution in [3.8, 4) is 0 Å². The minimum Gasteiger partial charge on any atom is -0.369 e. The fourth-order valence-electron chi connectivity index (χ4n) is 2.66. The Balaban J connectivity index is 2.04. The summed E-state index contributed by atoms with van der Waals surface area (Å²) >= 11 is 5.99. The van der Waals surface area contributed by atoms with Gasteiger partial charge >= 0.3 is 0 Å². The van der Waals surface area contributed by atoms with Gasteiger partial charge in [-0.2, -0.15) is 0 Å². The van der Waals surface area contributed by atoms with Gasteiger partial charge in [0.25, 0.3) is 0 Å². The maximum Gasteiger partial charge on any atom is 0.137 e. The van der Waals surface area contributed by atoms with Crippen molar-refractivity contribution in [3.63, 3.8) is 0 Å². The molecule has 1 heterocycles. The molecular weight excluding hydrogens is 234 g/mol. The molecule has 1 saturated carbocycles. The molecule has 2 rings (SSSR count). The van der Waals surface area contributed by atoms with Crippen LogP contribution in [-0.2, 0) is 0 Å². The van der Waals surface area contributed by atoms with Gasteiger partial charge in [-0.3, -0.25) is 0 Å². The van der Waals surface area contributed by atoms with Crippen molar-refractivity contribution in [1.29, 1.82) is 0 Å². The van der Waals surface area contributed by atoms with Gasteiger partial charge < -0.3 is 5.32 Å². The first kappa shape index (κ1) is 12.6. The lowest BCUT2D eigenvalue weighted by molar-refractivity contribution is 0.306. The lowest BCUT2D eigenvalue weighted by atomic mass is 9.83. The molecule has 94 valence electrons. The zero-order valence-corrected chi connectivity index (χ0v) is 11.3. The monoisotopic (exact) mass is 253 g/mol. The molecule has 0 amide bonds. The van der Waals surface area contributed by atoms with Crippen LogP contribution in [0.3, 0.4) is 0 Å². The molecular formula is C13H20ClN3. The molecule has 1 aromatic heterocycles. The van der Waals surface area contributed by atoms with Crippen LogP contribution in [0.5, 0.6) is 0 Å². The number of hydrogen-bond acceptors (Lipinski definition) is 3. The minimum absolute atomic E-state index is 0.462. The lowest BCUT2D eigenvalue weighted by Gasteiger charge is -2.28. The molecule has 0 saturated heterocycles. The Morgan fingerprint density at radius 2 is 2.06 bits per heavy atom. The standard InChI is InChI=1S/C13H20ClN3/c1-3-13(6-4-5-7-13)8-15-12-10(2)11(14)16-9-17-12/h9H,3-8H2,1-2H3,(H,15,16,17). The van der Waals surface area contributed by atoms with Crippen molar-refractivity contribution in [1.82, 2.24) is 9.97 Å². The predicted octanol–water partition coefficient (Wildman–Crippen LogP) is 3.82. The molecule has 4 heteroatoms. The van der Waals surface area contributed by atoms with Crippen molar-refractivity contribution >= 4 is 17.4 Å². The first-order valence-corrected chi connectivity index (χ1v) is 6.76. The zero-order valence-electron chi connectivity index (χ0n) is 10.6. The van der Waals surface area contributed by atoms with Crippen LogP contribution in [-0.4, -0.2) is 16.5 Å². The SMILES string of the molecule is CCC1(CNc2ncnc(Cl)c2C)CCCC1. The van der Waals surface area contributed by atoms with Gasteiger partial charge in [-0.25, -0.2) is 9.97 Å². The second kappa shape index (κ2) is 5.21. The summed E-state index contributed by atoms with van der Waals surface area (Å²) in [5.41, 5.74) is 1.41. The number of nitrogens with one attached hydrogen (secondary N) is 1. The Hall–Kier alpha value is -0.830. The van der Waals surface area contributed by atoms with Gasteiger partial charge in [-0.05, 0) is 31.6 Å². The summed E-state index contributed by atoms with van der Waals surface area (Å²) in [6, 6.07) is 0. The molecule has 1 N–H and O–H groups in total. The van der Waals surface area contributed by atoms with E-state index < -0.39 is 0 Å². The van der Waals surface area contributed by atoms with Gasteiger partial charge in [0.15, 0.2) is 0 Å². The fraction of sp³-hybridized carbons (Fsp3) is 0.692. The van der Waals surface area contributed by atoms with Crippen LogP contribution in [0.4, 0.5) is 5.82 Å². The highest BCUT2D eigenvalue weighted by atomic mass is 35.5. The fourth-order valence-corrected chi connectivity index (χ4v) is 2.79. The Bertz CT molecular complexity index is 386. The Labute approximate surface area is 108 Å². The van der Waals surface area contributed by atoms with E-state index in [1.807, 2.05) is 6.92 Å². The molecule has 1 fully saturated rings. The van der Waals surface area contributed by atoms with Crippen LogP contribution in [0.15, 0.2) is 6.33 Å². The molecule has 0 aromatic carbocycles. The predicted molar refractivity (Wildman–Crippen MR) is 71.5 cm³/mol. The Kier molecular flexibility index (Phi) is 3.87. The van der Waals surface area contributed by atoms with Gasteiger partial charge in [0, 0.05) is 12.1 Å². The van der Waals surface area contributed by atoms with Gasteiger partial charge in [-0.1, -0.05) is 31.4 Å². The van der Waals surface area contributed by atoms with Crippen LogP contribution in [0.1, 0.15) is 44.6 Å². The van der Waals surface area contributed by atoms with Crippen molar-refractivity contribution in [2.75, 3.05) is 11.9 Å². The number of halogens is 1. The third-order valence-corrected chi connectivity index (χ3v) is 4.45. The van der Waals surface area contributed by atoms with Crippen molar-refractivity contribution < 1.29 is 0 Å². The minimum atomic E-state index is 0.462. The summed E-state index contributed by atoms with van der Waals surface area (Å²) in [7, 11) is 0. The van der Waals surface area contributed by atoms with E-state index in [-0.39, 0.29) is 0 Å². The molecule has 1 aromatic rings. The quantitative estimate of drug-likeness (QED) is 0.829. The van der Waals surface area contributed by atoms with E-state index in [4.69, 9.17) is 11.6 Å². The number of aromatic nitrogens is 2.